The molecular weight excluding hydrogens is 236 g/mol. The van der Waals surface area contributed by atoms with Crippen LogP contribution in [0.5, 0.6) is 0 Å². The fourth-order valence-corrected chi connectivity index (χ4v) is 3.06. The number of carbonyl (C=O) groups excluding carboxylic acids is 1. The van der Waals surface area contributed by atoms with E-state index in [9.17, 15) is 9.90 Å². The van der Waals surface area contributed by atoms with Gasteiger partial charge in [-0.2, -0.15) is 0 Å². The Morgan fingerprint density at radius 1 is 0.684 bits per heavy atom. The van der Waals surface area contributed by atoms with E-state index < -0.39 is 11.4 Å². The number of carbonyl (C=O) groups is 1. The van der Waals surface area contributed by atoms with Gasteiger partial charge in [-0.25, -0.2) is 9.90 Å². The molecule has 0 amide bonds. The van der Waals surface area contributed by atoms with Crippen molar-refractivity contribution in [2.75, 3.05) is 0 Å². The molecule has 0 saturated heterocycles. The van der Waals surface area contributed by atoms with Gasteiger partial charge in [0.05, 0.1) is 5.41 Å². The molecule has 0 saturated carbocycles. The average molecular weight is 269 g/mol. The van der Waals surface area contributed by atoms with Crippen LogP contribution < -0.4 is 0 Å². The zero-order valence-electron chi connectivity index (χ0n) is 13.3. The summed E-state index contributed by atoms with van der Waals surface area (Å²) < 4.78 is 0. The van der Waals surface area contributed by atoms with Gasteiger partial charge in [-0.15, -0.1) is 0 Å². The van der Waals surface area contributed by atoms with Crippen LogP contribution in [0.15, 0.2) is 0 Å². The lowest BCUT2D eigenvalue weighted by Gasteiger charge is -2.27. The molecule has 0 aromatic rings. The predicted molar refractivity (Wildman–Crippen MR) is 80.6 cm³/mol. The second-order valence-electron chi connectivity index (χ2n) is 5.94. The van der Waals surface area contributed by atoms with Crippen LogP contribution in [-0.4, -0.2) is 5.97 Å². The first kappa shape index (κ1) is 18.5. The first-order valence-corrected chi connectivity index (χ1v) is 8.34. The molecule has 0 atom stereocenters. The highest BCUT2D eigenvalue weighted by Gasteiger charge is 2.37. The standard InChI is InChI=1S/C17H33O2/c1-4-7-8-9-10-11-12-15-17(13-5-2,14-6-3)16(18)19/h4-15H2,1-3H3. The molecule has 0 heterocycles. The molecule has 0 spiro atoms. The van der Waals surface area contributed by atoms with Crippen molar-refractivity contribution in [1.82, 2.24) is 0 Å². The molecule has 0 aromatic carbocycles. The molecule has 0 aliphatic carbocycles. The molecule has 0 aromatic heterocycles. The smallest absolute Gasteiger partial charge is 0.247 e. The molecule has 0 rings (SSSR count). The van der Waals surface area contributed by atoms with Gasteiger partial charge in [0.25, 0.3) is 0 Å². The number of rotatable bonds is 13. The van der Waals surface area contributed by atoms with Crippen LogP contribution >= 0.6 is 0 Å². The summed E-state index contributed by atoms with van der Waals surface area (Å²) in [7, 11) is 0. The zero-order chi connectivity index (χ0) is 14.6. The molecule has 19 heavy (non-hydrogen) atoms. The highest BCUT2D eigenvalue weighted by molar-refractivity contribution is 5.74. The number of hydrogen-bond acceptors (Lipinski definition) is 1. The number of unbranched alkanes of at least 4 members (excludes halogenated alkanes) is 6. The van der Waals surface area contributed by atoms with Gasteiger partial charge in [-0.05, 0) is 19.3 Å². The first-order chi connectivity index (χ1) is 9.13. The molecular formula is C17H33O2. The highest BCUT2D eigenvalue weighted by Crippen LogP contribution is 2.36. The van der Waals surface area contributed by atoms with Crippen LogP contribution in [0, 0.1) is 5.41 Å². The van der Waals surface area contributed by atoms with Crippen molar-refractivity contribution in [2.24, 2.45) is 5.41 Å². The second-order valence-corrected chi connectivity index (χ2v) is 5.94. The first-order valence-electron chi connectivity index (χ1n) is 8.34. The van der Waals surface area contributed by atoms with E-state index in [-0.39, 0.29) is 0 Å². The van der Waals surface area contributed by atoms with Gasteiger partial charge in [0, 0.05) is 0 Å². The molecule has 0 aliphatic heterocycles. The van der Waals surface area contributed by atoms with Crippen molar-refractivity contribution in [1.29, 1.82) is 0 Å². The molecule has 2 nitrogen and oxygen atoms in total. The molecule has 1 radical (unpaired) electrons. The fraction of sp³-hybridized carbons (Fsp3) is 0.941. The molecule has 0 unspecified atom stereocenters. The molecule has 113 valence electrons. The molecule has 0 fully saturated rings. The SMILES string of the molecule is CCCCCCCCCC(CCC)(CCC)C([O])=O. The highest BCUT2D eigenvalue weighted by atomic mass is 16.4. The van der Waals surface area contributed by atoms with Crippen LogP contribution in [0.3, 0.4) is 0 Å². The Balaban J connectivity index is 4.01. The second kappa shape index (κ2) is 11.3. The Kier molecular flexibility index (Phi) is 11.0. The minimum absolute atomic E-state index is 0.549. The van der Waals surface area contributed by atoms with Gasteiger partial charge in [0.1, 0.15) is 0 Å². The Morgan fingerprint density at radius 2 is 1.16 bits per heavy atom. The summed E-state index contributed by atoms with van der Waals surface area (Å²) in [6.07, 6.45) is 12.9. The third kappa shape index (κ3) is 7.59. The van der Waals surface area contributed by atoms with Gasteiger partial charge >= 0.3 is 5.97 Å². The summed E-state index contributed by atoms with van der Waals surface area (Å²) in [5.41, 5.74) is -0.549. The average Bonchev–Trinajstić information content (AvgIpc) is 2.37. The monoisotopic (exact) mass is 269 g/mol. The molecule has 0 aliphatic rings. The van der Waals surface area contributed by atoms with E-state index in [2.05, 4.69) is 20.8 Å². The van der Waals surface area contributed by atoms with Gasteiger partial charge in [0.2, 0.25) is 0 Å². The maximum atomic E-state index is 11.5. The van der Waals surface area contributed by atoms with E-state index in [0.29, 0.717) is 0 Å². The molecule has 0 bridgehead atoms. The summed E-state index contributed by atoms with van der Waals surface area (Å²) in [6, 6.07) is 0. The van der Waals surface area contributed by atoms with Crippen LogP contribution in [0.1, 0.15) is 97.8 Å². The maximum Gasteiger partial charge on any atom is 0.361 e. The quantitative estimate of drug-likeness (QED) is 0.397. The van der Waals surface area contributed by atoms with E-state index >= 15 is 0 Å². The van der Waals surface area contributed by atoms with E-state index in [4.69, 9.17) is 0 Å². The van der Waals surface area contributed by atoms with Crippen LogP contribution in [0.4, 0.5) is 0 Å². The van der Waals surface area contributed by atoms with Crippen LogP contribution in [-0.2, 0) is 9.90 Å². The Labute approximate surface area is 120 Å². The normalized spacial score (nSPS) is 11.7. The lowest BCUT2D eigenvalue weighted by molar-refractivity contribution is -0.157. The topological polar surface area (TPSA) is 37.0 Å². The van der Waals surface area contributed by atoms with Crippen molar-refractivity contribution < 1.29 is 9.90 Å². The van der Waals surface area contributed by atoms with Crippen molar-refractivity contribution in [2.45, 2.75) is 97.8 Å². The van der Waals surface area contributed by atoms with Gasteiger partial charge in [-0.3, -0.25) is 0 Å². The summed E-state index contributed by atoms with van der Waals surface area (Å²) in [5, 5.41) is 11.5. The minimum atomic E-state index is -0.817. The van der Waals surface area contributed by atoms with E-state index in [1.54, 1.807) is 0 Å². The van der Waals surface area contributed by atoms with Crippen molar-refractivity contribution in [3.05, 3.63) is 0 Å². The van der Waals surface area contributed by atoms with Crippen molar-refractivity contribution in [3.8, 4) is 0 Å². The van der Waals surface area contributed by atoms with E-state index in [1.807, 2.05) is 0 Å². The Hall–Kier alpha value is -0.530. The van der Waals surface area contributed by atoms with Gasteiger partial charge < -0.3 is 0 Å². The van der Waals surface area contributed by atoms with Crippen molar-refractivity contribution >= 4 is 5.97 Å². The summed E-state index contributed by atoms with van der Waals surface area (Å²) >= 11 is 0. The minimum Gasteiger partial charge on any atom is -0.247 e. The third-order valence-electron chi connectivity index (χ3n) is 4.15. The lowest BCUT2D eigenvalue weighted by atomic mass is 9.75. The van der Waals surface area contributed by atoms with Crippen molar-refractivity contribution in [3.63, 3.8) is 0 Å². The lowest BCUT2D eigenvalue weighted by Crippen LogP contribution is -2.30. The number of hydrogen-bond donors (Lipinski definition) is 0. The third-order valence-corrected chi connectivity index (χ3v) is 4.15. The van der Waals surface area contributed by atoms with Crippen LogP contribution in [0.2, 0.25) is 0 Å². The molecule has 2 heteroatoms. The van der Waals surface area contributed by atoms with E-state index in [1.165, 1.54) is 38.5 Å². The Bertz CT molecular complexity index is 217. The molecule has 0 N–H and O–H groups in total. The Morgan fingerprint density at radius 3 is 1.58 bits per heavy atom. The summed E-state index contributed by atoms with van der Waals surface area (Å²) in [6.45, 7) is 6.36. The van der Waals surface area contributed by atoms with Gasteiger partial charge in [-0.1, -0.05) is 78.6 Å². The van der Waals surface area contributed by atoms with E-state index in [0.717, 1.165) is 38.5 Å². The largest absolute Gasteiger partial charge is 0.361 e. The zero-order valence-corrected chi connectivity index (χ0v) is 13.3. The summed E-state index contributed by atoms with van der Waals surface area (Å²) in [4.78, 5) is 11.5. The maximum absolute atomic E-state index is 11.5. The van der Waals surface area contributed by atoms with Crippen LogP contribution in [0.25, 0.3) is 0 Å². The summed E-state index contributed by atoms with van der Waals surface area (Å²) in [5.74, 6) is -0.817. The van der Waals surface area contributed by atoms with Gasteiger partial charge in [0.15, 0.2) is 0 Å². The predicted octanol–water partition coefficient (Wildman–Crippen LogP) is 5.67. The fourth-order valence-electron chi connectivity index (χ4n) is 3.06.